The molecule has 1 aromatic carbocycles. The van der Waals surface area contributed by atoms with Crippen molar-refractivity contribution in [2.24, 2.45) is 5.16 Å². The monoisotopic (exact) mass is 247 g/mol. The first-order valence-electron chi connectivity index (χ1n) is 5.71. The molecule has 0 aliphatic rings. The second-order valence-corrected chi connectivity index (χ2v) is 3.58. The summed E-state index contributed by atoms with van der Waals surface area (Å²) in [6.07, 6.45) is 1.86. The number of carbonyl (C=O) groups is 1. The van der Waals surface area contributed by atoms with E-state index < -0.39 is 5.97 Å². The molecule has 0 aliphatic carbocycles. The third kappa shape index (κ3) is 4.05. The third-order valence-corrected chi connectivity index (χ3v) is 2.21. The van der Waals surface area contributed by atoms with Crippen LogP contribution in [0.15, 0.2) is 41.1 Å². The average molecular weight is 247 g/mol. The smallest absolute Gasteiger partial charge is 0.360 e. The Kier molecular flexibility index (Phi) is 5.64. The van der Waals surface area contributed by atoms with E-state index in [4.69, 9.17) is 4.74 Å². The van der Waals surface area contributed by atoms with Crippen molar-refractivity contribution in [3.8, 4) is 0 Å². The van der Waals surface area contributed by atoms with E-state index in [1.165, 1.54) is 7.11 Å². The van der Waals surface area contributed by atoms with Gasteiger partial charge in [0.1, 0.15) is 7.11 Å². The van der Waals surface area contributed by atoms with Gasteiger partial charge in [-0.3, -0.25) is 0 Å². The zero-order valence-electron chi connectivity index (χ0n) is 10.8. The summed E-state index contributed by atoms with van der Waals surface area (Å²) in [5.74, 6) is -0.482. The third-order valence-electron chi connectivity index (χ3n) is 2.21. The first-order chi connectivity index (χ1) is 8.69. The van der Waals surface area contributed by atoms with Crippen LogP contribution in [0.1, 0.15) is 19.4 Å². The Balaban J connectivity index is 2.97. The molecule has 0 heterocycles. The molecule has 1 aromatic rings. The second kappa shape index (κ2) is 7.27. The van der Waals surface area contributed by atoms with E-state index in [-0.39, 0.29) is 5.71 Å². The van der Waals surface area contributed by atoms with Gasteiger partial charge in [0.15, 0.2) is 5.71 Å². The highest BCUT2D eigenvalue weighted by Crippen LogP contribution is 2.09. The Bertz CT molecular complexity index is 449. The number of hydrogen-bond acceptors (Lipinski definition) is 4. The van der Waals surface area contributed by atoms with E-state index in [1.807, 2.05) is 36.4 Å². The highest BCUT2D eigenvalue weighted by molar-refractivity contribution is 6.43. The first-order valence-corrected chi connectivity index (χ1v) is 5.71. The number of benzene rings is 1. The molecule has 4 heteroatoms. The molecule has 0 aliphatic heterocycles. The summed E-state index contributed by atoms with van der Waals surface area (Å²) in [5, 5.41) is 3.71. The summed E-state index contributed by atoms with van der Waals surface area (Å²) in [6.45, 7) is 3.85. The first kappa shape index (κ1) is 14.0. The van der Waals surface area contributed by atoms with Crippen LogP contribution >= 0.6 is 0 Å². The zero-order valence-corrected chi connectivity index (χ0v) is 10.8. The molecule has 4 nitrogen and oxygen atoms in total. The minimum Gasteiger partial charge on any atom is -0.461 e. The molecule has 1 rings (SSSR count). The van der Waals surface area contributed by atoms with Crippen molar-refractivity contribution in [3.63, 3.8) is 0 Å². The number of ether oxygens (including phenoxy) is 1. The molecule has 0 saturated heterocycles. The lowest BCUT2D eigenvalue weighted by atomic mass is 10.1. The van der Waals surface area contributed by atoms with E-state index in [1.54, 1.807) is 13.8 Å². The van der Waals surface area contributed by atoms with Crippen LogP contribution in [0, 0.1) is 0 Å². The molecule has 0 amide bonds. The Morgan fingerprint density at radius 3 is 2.56 bits per heavy atom. The number of esters is 1. The maximum atomic E-state index is 11.7. The molecule has 18 heavy (non-hydrogen) atoms. The molecule has 0 radical (unpaired) electrons. The summed E-state index contributed by atoms with van der Waals surface area (Å²) in [6, 6.07) is 9.67. The Morgan fingerprint density at radius 2 is 2.00 bits per heavy atom. The van der Waals surface area contributed by atoms with Gasteiger partial charge in [-0.2, -0.15) is 0 Å². The maximum absolute atomic E-state index is 11.7. The van der Waals surface area contributed by atoms with Crippen LogP contribution in [0.3, 0.4) is 0 Å². The van der Waals surface area contributed by atoms with E-state index in [0.717, 1.165) is 5.56 Å². The maximum Gasteiger partial charge on any atom is 0.360 e. The molecule has 0 spiro atoms. The molecular weight excluding hydrogens is 230 g/mol. The lowest BCUT2D eigenvalue weighted by Crippen LogP contribution is -2.19. The van der Waals surface area contributed by atoms with Gasteiger partial charge in [-0.15, -0.1) is 0 Å². The summed E-state index contributed by atoms with van der Waals surface area (Å²) in [4.78, 5) is 16.4. The van der Waals surface area contributed by atoms with Crippen LogP contribution in [-0.2, 0) is 14.4 Å². The van der Waals surface area contributed by atoms with Gasteiger partial charge in [0.25, 0.3) is 0 Å². The van der Waals surface area contributed by atoms with Gasteiger partial charge in [0, 0.05) is 0 Å². The van der Waals surface area contributed by atoms with Crippen LogP contribution in [0.25, 0.3) is 6.08 Å². The van der Waals surface area contributed by atoms with Crippen LogP contribution in [0.5, 0.6) is 0 Å². The van der Waals surface area contributed by atoms with Crippen molar-refractivity contribution in [2.75, 3.05) is 13.7 Å². The van der Waals surface area contributed by atoms with Crippen molar-refractivity contribution >= 4 is 17.8 Å². The molecule has 0 saturated carbocycles. The van der Waals surface area contributed by atoms with E-state index in [2.05, 4.69) is 9.99 Å². The van der Waals surface area contributed by atoms with Crippen LogP contribution < -0.4 is 0 Å². The highest BCUT2D eigenvalue weighted by atomic mass is 16.6. The van der Waals surface area contributed by atoms with E-state index >= 15 is 0 Å². The largest absolute Gasteiger partial charge is 0.461 e. The SMILES string of the molecule is CCOC(=O)C(=N\OC)/C(C)=C/c1ccccc1. The number of hydrogen-bond donors (Lipinski definition) is 0. The van der Waals surface area contributed by atoms with Gasteiger partial charge in [-0.1, -0.05) is 35.5 Å². The lowest BCUT2D eigenvalue weighted by Gasteiger charge is -2.05. The molecule has 0 atom stereocenters. The lowest BCUT2D eigenvalue weighted by molar-refractivity contribution is -0.135. The fraction of sp³-hybridized carbons (Fsp3) is 0.286. The fourth-order valence-electron chi connectivity index (χ4n) is 1.43. The quantitative estimate of drug-likeness (QED) is 0.456. The average Bonchev–Trinajstić information content (AvgIpc) is 2.37. The molecule has 0 fully saturated rings. The number of carbonyl (C=O) groups excluding carboxylic acids is 1. The van der Waals surface area contributed by atoms with E-state index in [0.29, 0.717) is 12.2 Å². The number of nitrogens with zero attached hydrogens (tertiary/aromatic N) is 1. The summed E-state index contributed by atoms with van der Waals surface area (Å²) in [7, 11) is 1.40. The Morgan fingerprint density at radius 1 is 1.33 bits per heavy atom. The van der Waals surface area contributed by atoms with Crippen LogP contribution in [0.4, 0.5) is 0 Å². The Labute approximate surface area is 107 Å². The van der Waals surface area contributed by atoms with Crippen LogP contribution in [-0.4, -0.2) is 25.4 Å². The van der Waals surface area contributed by atoms with Gasteiger partial charge in [-0.25, -0.2) is 4.79 Å². The van der Waals surface area contributed by atoms with Gasteiger partial charge >= 0.3 is 5.97 Å². The number of rotatable bonds is 5. The predicted molar refractivity (Wildman–Crippen MR) is 71.2 cm³/mol. The standard InChI is InChI=1S/C14H17NO3/c1-4-18-14(16)13(15-17-3)11(2)10-12-8-6-5-7-9-12/h5-10H,4H2,1-3H3/b11-10+,15-13-. The summed E-state index contributed by atoms with van der Waals surface area (Å²) in [5.41, 5.74) is 1.87. The van der Waals surface area contributed by atoms with Crippen molar-refractivity contribution in [2.45, 2.75) is 13.8 Å². The highest BCUT2D eigenvalue weighted by Gasteiger charge is 2.15. The van der Waals surface area contributed by atoms with Crippen LogP contribution in [0.2, 0.25) is 0 Å². The molecule has 0 bridgehead atoms. The zero-order chi connectivity index (χ0) is 13.4. The molecule has 0 unspecified atom stereocenters. The minimum absolute atomic E-state index is 0.184. The topological polar surface area (TPSA) is 47.9 Å². The van der Waals surface area contributed by atoms with Gasteiger partial charge < -0.3 is 9.57 Å². The van der Waals surface area contributed by atoms with Crippen molar-refractivity contribution < 1.29 is 14.4 Å². The molecular formula is C14H17NO3. The van der Waals surface area contributed by atoms with Crippen molar-refractivity contribution in [1.29, 1.82) is 0 Å². The van der Waals surface area contributed by atoms with Crippen molar-refractivity contribution in [3.05, 3.63) is 41.5 Å². The molecule has 0 aromatic heterocycles. The van der Waals surface area contributed by atoms with Crippen molar-refractivity contribution in [1.82, 2.24) is 0 Å². The summed E-state index contributed by atoms with van der Waals surface area (Å²) < 4.78 is 4.92. The van der Waals surface area contributed by atoms with E-state index in [9.17, 15) is 4.79 Å². The molecule has 96 valence electrons. The second-order valence-electron chi connectivity index (χ2n) is 3.58. The number of oxime groups is 1. The van der Waals surface area contributed by atoms with Gasteiger partial charge in [0.05, 0.1) is 6.61 Å². The molecule has 0 N–H and O–H groups in total. The van der Waals surface area contributed by atoms with Gasteiger partial charge in [-0.05, 0) is 31.1 Å². The normalized spacial score (nSPS) is 12.2. The summed E-state index contributed by atoms with van der Waals surface area (Å²) >= 11 is 0. The minimum atomic E-state index is -0.482. The predicted octanol–water partition coefficient (Wildman–Crippen LogP) is 2.66. The fourth-order valence-corrected chi connectivity index (χ4v) is 1.43. The Hall–Kier alpha value is -2.10. The van der Waals surface area contributed by atoms with Gasteiger partial charge in [0.2, 0.25) is 0 Å².